The van der Waals surface area contributed by atoms with Crippen LogP contribution in [0.2, 0.25) is 5.02 Å². The minimum absolute atomic E-state index is 0.0911. The Balaban J connectivity index is 0.000000497. The summed E-state index contributed by atoms with van der Waals surface area (Å²) in [5.74, 6) is 1.93. The molecule has 9 nitrogen and oxygen atoms in total. The third-order valence-corrected chi connectivity index (χ3v) is 7.02. The minimum Gasteiger partial charge on any atom is -0.443 e. The summed E-state index contributed by atoms with van der Waals surface area (Å²) >= 11 is 7.18. The first-order valence-corrected chi connectivity index (χ1v) is 16.3. The lowest BCUT2D eigenvalue weighted by Crippen LogP contribution is -2.10. The van der Waals surface area contributed by atoms with E-state index in [9.17, 15) is 13.7 Å². The number of aromatic nitrogens is 3. The number of alkyl halides is 1. The number of aromatic amines is 1. The summed E-state index contributed by atoms with van der Waals surface area (Å²) in [6.45, 7) is 15.1. The van der Waals surface area contributed by atoms with Crippen molar-refractivity contribution >= 4 is 47.1 Å². The summed E-state index contributed by atoms with van der Waals surface area (Å²) in [6, 6.07) is 8.90. The zero-order valence-electron chi connectivity index (χ0n) is 27.6. The lowest BCUT2D eigenvalue weighted by atomic mass is 10.1. The van der Waals surface area contributed by atoms with Gasteiger partial charge in [-0.15, -0.1) is 0 Å². The maximum absolute atomic E-state index is 12.7. The van der Waals surface area contributed by atoms with Crippen LogP contribution in [0, 0.1) is 0 Å². The molecule has 3 rings (SSSR count). The van der Waals surface area contributed by atoms with Crippen molar-refractivity contribution in [1.29, 1.82) is 0 Å². The monoisotopic (exact) mass is 690 g/mol. The van der Waals surface area contributed by atoms with E-state index >= 15 is 0 Å². The van der Waals surface area contributed by atoms with E-state index in [1.807, 2.05) is 45.9 Å². The Hall–Kier alpha value is -4.13. The molecule has 1 aromatic carbocycles. The van der Waals surface area contributed by atoms with Crippen molar-refractivity contribution in [3.05, 3.63) is 107 Å². The third kappa shape index (κ3) is 14.9. The highest BCUT2D eigenvalue weighted by atomic mass is 35.5. The number of nitrogens with one attached hydrogen (secondary N) is 2. The maximum Gasteiger partial charge on any atom is 0.214 e. The summed E-state index contributed by atoms with van der Waals surface area (Å²) in [5.41, 5.74) is 9.10. The molecule has 0 fully saturated rings. The number of rotatable bonds is 16. The molecule has 4 N–H and O–H groups in total. The van der Waals surface area contributed by atoms with Gasteiger partial charge in [-0.3, -0.25) is 23.5 Å². The number of H-pyrrole nitrogens is 1. The lowest BCUT2D eigenvalue weighted by Gasteiger charge is -2.07. The van der Waals surface area contributed by atoms with Crippen LogP contribution in [0.5, 0.6) is 5.75 Å². The van der Waals surface area contributed by atoms with E-state index in [4.69, 9.17) is 22.1 Å². The van der Waals surface area contributed by atoms with Crippen LogP contribution in [0.15, 0.2) is 84.4 Å². The van der Waals surface area contributed by atoms with Gasteiger partial charge in [0.15, 0.2) is 11.7 Å². The highest BCUT2D eigenvalue weighted by Crippen LogP contribution is 2.21. The molecular formula is C34H45ClF2N6O3S. The standard InChI is InChI=1S/C18H23F2N5O2S.C14H16ClNO.C2H6/c1-3-15-12(5-6-13(27-20)10-23-28-8-4-7-19)9-16(24-15)17(26)14-11-22-25(2)18(14)21;1-4-16-14(9-8-11(2)3)17-13-7-5-6-12(15)10-13;1-2/h3,6,9,11,23-24H,1,4-5,7-8,10,21H2,2H3;4-8,10H,1,9H2,2-3H3;1-2H3/b13-6+;;. The number of nitrogens with zero attached hydrogens (tertiary/aromatic N) is 3. The van der Waals surface area contributed by atoms with Crippen molar-refractivity contribution in [2.24, 2.45) is 12.0 Å². The van der Waals surface area contributed by atoms with Gasteiger partial charge in [0.05, 0.1) is 30.7 Å². The van der Waals surface area contributed by atoms with Gasteiger partial charge in [0.25, 0.3) is 0 Å². The number of nitrogens with two attached hydrogens (primary N) is 1. The number of aliphatic imine (C=N–C) groups is 1. The SMILES string of the molecule is C=CN=C(CC=C(C)C)Oc1cccc(Cl)c1.C=Cc1[nH]c(C(=O)c2cnn(C)c2N)cc1C/C=C(\CNSCCCF)OF.CC. The fourth-order valence-corrected chi connectivity index (χ4v) is 4.43. The van der Waals surface area contributed by atoms with Crippen LogP contribution in [0.1, 0.15) is 67.8 Å². The Labute approximate surface area is 285 Å². The van der Waals surface area contributed by atoms with Crippen molar-refractivity contribution in [3.8, 4) is 5.75 Å². The van der Waals surface area contributed by atoms with E-state index in [1.54, 1.807) is 37.4 Å². The molecule has 0 unspecified atom stereocenters. The molecule has 0 radical (unpaired) electrons. The van der Waals surface area contributed by atoms with E-state index in [2.05, 4.69) is 37.9 Å². The van der Waals surface area contributed by atoms with Crippen LogP contribution in [0.25, 0.3) is 6.08 Å². The van der Waals surface area contributed by atoms with E-state index < -0.39 is 0 Å². The molecule has 0 aliphatic heterocycles. The fraction of sp³-hybridized carbons (Fsp3) is 0.324. The smallest absolute Gasteiger partial charge is 0.214 e. The second-order valence-electron chi connectivity index (χ2n) is 9.64. The zero-order chi connectivity index (χ0) is 35.2. The number of carbonyl (C=O) groups is 1. The first kappa shape index (κ1) is 40.9. The Kier molecular flexibility index (Phi) is 20.2. The molecule has 0 spiro atoms. The minimum atomic E-state index is -0.388. The Morgan fingerprint density at radius 2 is 2.00 bits per heavy atom. The molecule has 0 bridgehead atoms. The summed E-state index contributed by atoms with van der Waals surface area (Å²) in [7, 11) is 1.65. The van der Waals surface area contributed by atoms with Crippen LogP contribution in [0.3, 0.4) is 0 Å². The first-order valence-electron chi connectivity index (χ1n) is 14.9. The molecule has 3 aromatic rings. The second kappa shape index (κ2) is 23.2. The van der Waals surface area contributed by atoms with Gasteiger partial charge < -0.3 is 15.5 Å². The van der Waals surface area contributed by atoms with Crippen molar-refractivity contribution in [3.63, 3.8) is 0 Å². The van der Waals surface area contributed by atoms with Crippen LogP contribution in [-0.4, -0.2) is 45.4 Å². The molecule has 0 amide bonds. The van der Waals surface area contributed by atoms with Gasteiger partial charge in [0.2, 0.25) is 5.78 Å². The van der Waals surface area contributed by atoms with Gasteiger partial charge in [0, 0.05) is 40.7 Å². The van der Waals surface area contributed by atoms with Gasteiger partial charge in [-0.2, -0.15) is 5.10 Å². The van der Waals surface area contributed by atoms with E-state index in [0.29, 0.717) is 58.6 Å². The number of hydrogen-bond acceptors (Lipinski definition) is 8. The number of hydrogen-bond donors (Lipinski definition) is 3. The zero-order valence-corrected chi connectivity index (χ0v) is 29.2. The first-order chi connectivity index (χ1) is 22.6. The fourth-order valence-electron chi connectivity index (χ4n) is 3.61. The molecule has 2 aromatic heterocycles. The quantitative estimate of drug-likeness (QED) is 0.0261. The predicted octanol–water partition coefficient (Wildman–Crippen LogP) is 8.77. The largest absolute Gasteiger partial charge is 0.443 e. The molecule has 0 aliphatic carbocycles. The second-order valence-corrected chi connectivity index (χ2v) is 11.1. The number of anilines is 1. The average Bonchev–Trinajstić information content (AvgIpc) is 3.64. The van der Waals surface area contributed by atoms with Gasteiger partial charge in [-0.1, -0.05) is 68.3 Å². The van der Waals surface area contributed by atoms with Crippen molar-refractivity contribution in [2.75, 3.05) is 24.7 Å². The van der Waals surface area contributed by atoms with E-state index in [0.717, 1.165) is 5.56 Å². The molecule has 13 heteroatoms. The summed E-state index contributed by atoms with van der Waals surface area (Å²) in [5, 5.41) is 4.61. The predicted molar refractivity (Wildman–Crippen MR) is 192 cm³/mol. The molecule has 256 valence electrons. The van der Waals surface area contributed by atoms with Gasteiger partial charge in [0.1, 0.15) is 11.6 Å². The number of aryl methyl sites for hydroxylation is 1. The Morgan fingerprint density at radius 3 is 2.57 bits per heavy atom. The van der Waals surface area contributed by atoms with Crippen molar-refractivity contribution < 1.29 is 23.4 Å². The molecule has 0 saturated heterocycles. The lowest BCUT2D eigenvalue weighted by molar-refractivity contribution is -0.0845. The topological polar surface area (TPSA) is 120 Å². The highest BCUT2D eigenvalue weighted by molar-refractivity contribution is 7.97. The molecule has 2 heterocycles. The number of ketones is 1. The van der Waals surface area contributed by atoms with Crippen molar-refractivity contribution in [2.45, 2.75) is 47.0 Å². The number of benzene rings is 1. The number of nitrogen functional groups attached to an aromatic ring is 1. The highest BCUT2D eigenvalue weighted by Gasteiger charge is 2.19. The molecule has 0 saturated carbocycles. The Morgan fingerprint density at radius 1 is 1.26 bits per heavy atom. The number of carbonyl (C=O) groups excluding carboxylic acids is 1. The van der Waals surface area contributed by atoms with Gasteiger partial charge >= 0.3 is 0 Å². The molecule has 0 atom stereocenters. The van der Waals surface area contributed by atoms with Crippen LogP contribution < -0.4 is 15.2 Å². The average molecular weight is 691 g/mol. The number of halogens is 3. The summed E-state index contributed by atoms with van der Waals surface area (Å²) in [6.07, 6.45) is 9.46. The molecular weight excluding hydrogens is 646 g/mol. The number of allylic oxidation sites excluding steroid dienone is 2. The molecule has 47 heavy (non-hydrogen) atoms. The Bertz CT molecular complexity index is 1510. The van der Waals surface area contributed by atoms with Crippen LogP contribution >= 0.6 is 23.5 Å². The van der Waals surface area contributed by atoms with Crippen LogP contribution in [0.4, 0.5) is 14.7 Å². The van der Waals surface area contributed by atoms with Crippen LogP contribution in [-0.2, 0) is 18.4 Å². The van der Waals surface area contributed by atoms with E-state index in [1.165, 1.54) is 34.6 Å². The third-order valence-electron chi connectivity index (χ3n) is 5.94. The summed E-state index contributed by atoms with van der Waals surface area (Å²) in [4.78, 5) is 23.6. The van der Waals surface area contributed by atoms with Gasteiger partial charge in [-0.05, 0) is 68.7 Å². The van der Waals surface area contributed by atoms with Gasteiger partial charge in [-0.25, -0.2) is 4.99 Å². The maximum atomic E-state index is 12.7. The number of ether oxygens (including phenoxy) is 1. The van der Waals surface area contributed by atoms with Crippen molar-refractivity contribution in [1.82, 2.24) is 19.5 Å². The molecule has 0 aliphatic rings. The normalized spacial score (nSPS) is 11.0. The summed E-state index contributed by atoms with van der Waals surface area (Å²) < 4.78 is 34.7. The van der Waals surface area contributed by atoms with E-state index in [-0.39, 0.29) is 30.6 Å².